The van der Waals surface area contributed by atoms with Gasteiger partial charge < -0.3 is 10.0 Å². The van der Waals surface area contributed by atoms with Crippen LogP contribution >= 0.6 is 0 Å². The largest absolute Gasteiger partial charge is 0.481 e. The molecule has 20 heavy (non-hydrogen) atoms. The Labute approximate surface area is 119 Å². The van der Waals surface area contributed by atoms with Gasteiger partial charge in [-0.15, -0.1) is 0 Å². The molecule has 1 aromatic rings. The van der Waals surface area contributed by atoms with Gasteiger partial charge >= 0.3 is 5.97 Å². The molecule has 0 spiro atoms. The predicted molar refractivity (Wildman–Crippen MR) is 76.5 cm³/mol. The number of carboxylic acids is 1. The van der Waals surface area contributed by atoms with Crippen molar-refractivity contribution in [3.8, 4) is 0 Å². The van der Waals surface area contributed by atoms with Crippen LogP contribution in [0.3, 0.4) is 0 Å². The Morgan fingerprint density at radius 1 is 1.40 bits per heavy atom. The van der Waals surface area contributed by atoms with E-state index in [1.807, 2.05) is 32.0 Å². The first-order valence-electron chi connectivity index (χ1n) is 7.05. The van der Waals surface area contributed by atoms with Gasteiger partial charge in [0.15, 0.2) is 0 Å². The number of aryl methyl sites for hydroxylation is 1. The summed E-state index contributed by atoms with van der Waals surface area (Å²) in [4.78, 5) is 24.8. The van der Waals surface area contributed by atoms with Gasteiger partial charge in [0.2, 0.25) is 5.91 Å². The molecule has 0 saturated carbocycles. The molecule has 108 valence electrons. The molecule has 1 aliphatic rings. The molecule has 2 unspecified atom stereocenters. The van der Waals surface area contributed by atoms with Crippen LogP contribution < -0.4 is 0 Å². The Morgan fingerprint density at radius 2 is 2.10 bits per heavy atom. The van der Waals surface area contributed by atoms with Crippen LogP contribution in [-0.2, 0) is 9.59 Å². The highest BCUT2D eigenvalue weighted by Gasteiger charge is 2.31. The summed E-state index contributed by atoms with van der Waals surface area (Å²) >= 11 is 0. The van der Waals surface area contributed by atoms with E-state index < -0.39 is 11.9 Å². The van der Waals surface area contributed by atoms with Crippen molar-refractivity contribution in [3.63, 3.8) is 0 Å². The summed E-state index contributed by atoms with van der Waals surface area (Å²) in [6.07, 6.45) is 1.01. The van der Waals surface area contributed by atoms with Crippen LogP contribution in [0.2, 0.25) is 0 Å². The summed E-state index contributed by atoms with van der Waals surface area (Å²) in [6, 6.07) is 8.08. The van der Waals surface area contributed by atoms with Crippen LogP contribution in [0.15, 0.2) is 24.3 Å². The number of nitrogens with zero attached hydrogens (tertiary/aromatic N) is 1. The Bertz CT molecular complexity index is 512. The Kier molecular flexibility index (Phi) is 4.42. The fourth-order valence-corrected chi connectivity index (χ4v) is 2.83. The fraction of sp³-hybridized carbons (Fsp3) is 0.500. The second-order valence-corrected chi connectivity index (χ2v) is 5.63. The van der Waals surface area contributed by atoms with Crippen molar-refractivity contribution in [1.82, 2.24) is 4.90 Å². The van der Waals surface area contributed by atoms with Gasteiger partial charge in [-0.1, -0.05) is 31.2 Å². The molecule has 1 heterocycles. The molecule has 4 nitrogen and oxygen atoms in total. The molecule has 1 N–H and O–H groups in total. The van der Waals surface area contributed by atoms with Crippen molar-refractivity contribution < 1.29 is 14.7 Å². The first kappa shape index (κ1) is 14.6. The summed E-state index contributed by atoms with van der Waals surface area (Å²) in [6.45, 7) is 5.02. The summed E-state index contributed by atoms with van der Waals surface area (Å²) in [5.74, 6) is -0.975. The second-order valence-electron chi connectivity index (χ2n) is 5.63. The smallest absolute Gasteiger partial charge is 0.308 e. The van der Waals surface area contributed by atoms with E-state index in [0.717, 1.165) is 0 Å². The van der Waals surface area contributed by atoms with Crippen molar-refractivity contribution in [2.24, 2.45) is 5.92 Å². The van der Waals surface area contributed by atoms with Gasteiger partial charge in [-0.05, 0) is 30.4 Å². The van der Waals surface area contributed by atoms with Crippen LogP contribution in [-0.4, -0.2) is 35.0 Å². The maximum absolute atomic E-state index is 12.2. The second kappa shape index (κ2) is 6.07. The molecule has 4 heteroatoms. The number of carbonyl (C=O) groups excluding carboxylic acids is 1. The molecule has 0 aliphatic carbocycles. The number of likely N-dealkylation sites (tertiary alicyclic amines) is 1. The van der Waals surface area contributed by atoms with Crippen LogP contribution in [0.25, 0.3) is 0 Å². The van der Waals surface area contributed by atoms with E-state index in [1.165, 1.54) is 11.1 Å². The molecule has 1 fully saturated rings. The number of aliphatic carboxylic acids is 1. The molecular weight excluding hydrogens is 254 g/mol. The van der Waals surface area contributed by atoms with E-state index in [-0.39, 0.29) is 11.8 Å². The molecular formula is C16H21NO3. The number of benzene rings is 1. The third-order valence-electron chi connectivity index (χ3n) is 4.09. The van der Waals surface area contributed by atoms with Gasteiger partial charge in [0.25, 0.3) is 0 Å². The third-order valence-corrected chi connectivity index (χ3v) is 4.09. The van der Waals surface area contributed by atoms with Crippen LogP contribution in [0.5, 0.6) is 0 Å². The number of rotatable bonds is 4. The van der Waals surface area contributed by atoms with E-state index in [1.54, 1.807) is 4.90 Å². The van der Waals surface area contributed by atoms with E-state index in [0.29, 0.717) is 25.9 Å². The number of carbonyl (C=O) groups is 2. The Morgan fingerprint density at radius 3 is 2.70 bits per heavy atom. The van der Waals surface area contributed by atoms with Gasteiger partial charge in [-0.3, -0.25) is 9.59 Å². The SMILES string of the molecule is Cc1ccccc1C(C)CC(=O)N1CCC(C(=O)O)C1. The lowest BCUT2D eigenvalue weighted by Crippen LogP contribution is -2.30. The number of carboxylic acid groups (broad SMARTS) is 1. The van der Waals surface area contributed by atoms with E-state index in [2.05, 4.69) is 6.07 Å². The number of amides is 1. The third kappa shape index (κ3) is 3.18. The quantitative estimate of drug-likeness (QED) is 0.918. The highest BCUT2D eigenvalue weighted by Crippen LogP contribution is 2.25. The van der Waals surface area contributed by atoms with E-state index in [9.17, 15) is 9.59 Å². The number of hydrogen-bond donors (Lipinski definition) is 1. The van der Waals surface area contributed by atoms with Crippen LogP contribution in [0.4, 0.5) is 0 Å². The first-order chi connectivity index (χ1) is 9.49. The maximum Gasteiger partial charge on any atom is 0.308 e. The topological polar surface area (TPSA) is 57.6 Å². The predicted octanol–water partition coefficient (Wildman–Crippen LogP) is 2.42. The summed E-state index contributed by atoms with van der Waals surface area (Å²) in [5.41, 5.74) is 2.38. The standard InChI is InChI=1S/C16H21NO3/c1-11-5-3-4-6-14(11)12(2)9-15(18)17-8-7-13(10-17)16(19)20/h3-6,12-13H,7-10H2,1-2H3,(H,19,20). The van der Waals surface area contributed by atoms with Crippen molar-refractivity contribution in [1.29, 1.82) is 0 Å². The molecule has 0 aromatic heterocycles. The minimum atomic E-state index is -0.799. The van der Waals surface area contributed by atoms with Crippen molar-refractivity contribution in [2.45, 2.75) is 32.6 Å². The molecule has 1 aromatic carbocycles. The van der Waals surface area contributed by atoms with Crippen molar-refractivity contribution in [2.75, 3.05) is 13.1 Å². The fourth-order valence-electron chi connectivity index (χ4n) is 2.83. The minimum absolute atomic E-state index is 0.0597. The van der Waals surface area contributed by atoms with Crippen molar-refractivity contribution >= 4 is 11.9 Å². The average Bonchev–Trinajstić information content (AvgIpc) is 2.88. The van der Waals surface area contributed by atoms with Gasteiger partial charge in [0.05, 0.1) is 5.92 Å². The van der Waals surface area contributed by atoms with Crippen molar-refractivity contribution in [3.05, 3.63) is 35.4 Å². The summed E-state index contributed by atoms with van der Waals surface area (Å²) in [5, 5.41) is 8.97. The highest BCUT2D eigenvalue weighted by molar-refractivity contribution is 5.79. The monoisotopic (exact) mass is 275 g/mol. The summed E-state index contributed by atoms with van der Waals surface area (Å²) < 4.78 is 0. The van der Waals surface area contributed by atoms with Crippen LogP contribution in [0.1, 0.15) is 36.8 Å². The molecule has 2 rings (SSSR count). The Balaban J connectivity index is 1.95. The zero-order valence-corrected chi connectivity index (χ0v) is 12.0. The van der Waals surface area contributed by atoms with Gasteiger partial charge in [-0.25, -0.2) is 0 Å². The lowest BCUT2D eigenvalue weighted by Gasteiger charge is -2.20. The molecule has 1 aliphatic heterocycles. The van der Waals surface area contributed by atoms with E-state index in [4.69, 9.17) is 5.11 Å². The average molecular weight is 275 g/mol. The molecule has 0 bridgehead atoms. The van der Waals surface area contributed by atoms with Gasteiger partial charge in [0.1, 0.15) is 0 Å². The summed E-state index contributed by atoms with van der Waals surface area (Å²) in [7, 11) is 0. The zero-order valence-electron chi connectivity index (χ0n) is 12.0. The molecule has 1 saturated heterocycles. The van der Waals surface area contributed by atoms with Gasteiger partial charge in [-0.2, -0.15) is 0 Å². The van der Waals surface area contributed by atoms with Crippen LogP contribution in [0, 0.1) is 12.8 Å². The lowest BCUT2D eigenvalue weighted by molar-refractivity contribution is -0.141. The lowest BCUT2D eigenvalue weighted by atomic mass is 9.93. The minimum Gasteiger partial charge on any atom is -0.481 e. The number of hydrogen-bond acceptors (Lipinski definition) is 2. The molecule has 2 atom stereocenters. The molecule has 0 radical (unpaired) electrons. The first-order valence-corrected chi connectivity index (χ1v) is 7.05. The normalized spacial score (nSPS) is 19.9. The highest BCUT2D eigenvalue weighted by atomic mass is 16.4. The maximum atomic E-state index is 12.2. The zero-order chi connectivity index (χ0) is 14.7. The van der Waals surface area contributed by atoms with Gasteiger partial charge in [0, 0.05) is 19.5 Å². The molecule has 1 amide bonds. The Hall–Kier alpha value is -1.84. The van der Waals surface area contributed by atoms with E-state index >= 15 is 0 Å².